The van der Waals surface area contributed by atoms with Gasteiger partial charge in [-0.2, -0.15) is 9.97 Å². The quantitative estimate of drug-likeness (QED) is 0.438. The van der Waals surface area contributed by atoms with Crippen LogP contribution in [-0.4, -0.2) is 30.4 Å². The average molecular weight is 454 g/mol. The molecule has 3 N–H and O–H groups in total. The number of hydrogen-bond acceptors (Lipinski definition) is 7. The van der Waals surface area contributed by atoms with Crippen LogP contribution >= 0.6 is 22.9 Å². The molecule has 0 saturated heterocycles. The first kappa shape index (κ1) is 19.9. The molecule has 0 atom stereocenters. The molecule has 1 amide bonds. The van der Waals surface area contributed by atoms with Gasteiger partial charge in [-0.05, 0) is 37.3 Å². The average Bonchev–Trinajstić information content (AvgIpc) is 3.42. The highest BCUT2D eigenvalue weighted by molar-refractivity contribution is 7.14. The number of thiazole rings is 1. The summed E-state index contributed by atoms with van der Waals surface area (Å²) >= 11 is 7.42. The molecule has 31 heavy (non-hydrogen) atoms. The van der Waals surface area contributed by atoms with Gasteiger partial charge in [0.2, 0.25) is 11.2 Å². The number of anilines is 2. The summed E-state index contributed by atoms with van der Waals surface area (Å²) in [5, 5.41) is 5.70. The van der Waals surface area contributed by atoms with Crippen molar-refractivity contribution >= 4 is 51.0 Å². The van der Waals surface area contributed by atoms with E-state index in [1.807, 2.05) is 40.3 Å². The van der Waals surface area contributed by atoms with Crippen LogP contribution in [0, 0.1) is 5.92 Å². The number of hydrogen-bond donors (Lipinski definition) is 2. The standard InChI is InChI=1S/C21H20ClN7OS/c22-20-26-17(23)16-18(27-20)29(11-24-16)14-8-6-13(7-9-14)19(30)28-21-25-15(10-31-21)12-4-2-1-3-5-12/h1-5,10-11,13-14H,6-9H2,(H2,23,26,27)(H,25,28,30). The Morgan fingerprint density at radius 2 is 1.90 bits per heavy atom. The minimum atomic E-state index is -0.0432. The molecule has 3 heterocycles. The Bertz CT molecular complexity index is 1230. The summed E-state index contributed by atoms with van der Waals surface area (Å²) in [4.78, 5) is 29.9. The number of halogens is 1. The first-order valence-corrected chi connectivity index (χ1v) is 11.3. The van der Waals surface area contributed by atoms with Gasteiger partial charge in [0.1, 0.15) is 5.52 Å². The van der Waals surface area contributed by atoms with Gasteiger partial charge in [0, 0.05) is 22.9 Å². The van der Waals surface area contributed by atoms with Gasteiger partial charge in [0.25, 0.3) is 0 Å². The van der Waals surface area contributed by atoms with Crippen molar-refractivity contribution in [3.63, 3.8) is 0 Å². The highest BCUT2D eigenvalue weighted by Gasteiger charge is 2.29. The Morgan fingerprint density at radius 1 is 1.13 bits per heavy atom. The van der Waals surface area contributed by atoms with Crippen molar-refractivity contribution in [2.75, 3.05) is 11.1 Å². The zero-order chi connectivity index (χ0) is 21.4. The number of carbonyl (C=O) groups excluding carboxylic acids is 1. The lowest BCUT2D eigenvalue weighted by molar-refractivity contribution is -0.120. The Labute approximate surface area is 187 Å². The highest BCUT2D eigenvalue weighted by Crippen LogP contribution is 2.35. The van der Waals surface area contributed by atoms with Crippen LogP contribution in [0.4, 0.5) is 10.9 Å². The van der Waals surface area contributed by atoms with Gasteiger partial charge in [0.15, 0.2) is 16.6 Å². The second-order valence-electron chi connectivity index (χ2n) is 7.60. The van der Waals surface area contributed by atoms with Crippen molar-refractivity contribution in [3.05, 3.63) is 47.3 Å². The zero-order valence-corrected chi connectivity index (χ0v) is 18.1. The monoisotopic (exact) mass is 453 g/mol. The molecule has 10 heteroatoms. The molecule has 5 rings (SSSR count). The third kappa shape index (κ3) is 3.98. The van der Waals surface area contributed by atoms with Gasteiger partial charge in [-0.15, -0.1) is 11.3 Å². The number of benzene rings is 1. The maximum absolute atomic E-state index is 12.8. The lowest BCUT2D eigenvalue weighted by Gasteiger charge is -2.28. The fraction of sp³-hybridized carbons (Fsp3) is 0.286. The Hall–Kier alpha value is -3.04. The van der Waals surface area contributed by atoms with E-state index >= 15 is 0 Å². The molecule has 0 unspecified atom stereocenters. The van der Waals surface area contributed by atoms with Crippen LogP contribution in [0.1, 0.15) is 31.7 Å². The van der Waals surface area contributed by atoms with Gasteiger partial charge in [-0.1, -0.05) is 30.3 Å². The van der Waals surface area contributed by atoms with Crippen molar-refractivity contribution in [1.29, 1.82) is 0 Å². The van der Waals surface area contributed by atoms with Gasteiger partial charge in [-0.3, -0.25) is 4.79 Å². The lowest BCUT2D eigenvalue weighted by Crippen LogP contribution is -2.28. The molecule has 1 aromatic carbocycles. The van der Waals surface area contributed by atoms with Gasteiger partial charge < -0.3 is 15.6 Å². The molecule has 1 aliphatic carbocycles. The molecule has 158 valence electrons. The molecule has 0 aliphatic heterocycles. The van der Waals surface area contributed by atoms with Gasteiger partial charge >= 0.3 is 0 Å². The third-order valence-electron chi connectivity index (χ3n) is 5.69. The summed E-state index contributed by atoms with van der Waals surface area (Å²) in [5.74, 6) is 0.260. The number of nitrogens with one attached hydrogen (secondary N) is 1. The van der Waals surface area contributed by atoms with Crippen molar-refractivity contribution in [1.82, 2.24) is 24.5 Å². The molecule has 0 bridgehead atoms. The highest BCUT2D eigenvalue weighted by atomic mass is 35.5. The van der Waals surface area contributed by atoms with Crippen molar-refractivity contribution in [2.24, 2.45) is 5.92 Å². The van der Waals surface area contributed by atoms with Crippen LogP contribution < -0.4 is 11.1 Å². The summed E-state index contributed by atoms with van der Waals surface area (Å²) in [5.41, 5.74) is 9.01. The molecule has 1 fully saturated rings. The summed E-state index contributed by atoms with van der Waals surface area (Å²) in [6.07, 6.45) is 4.98. The van der Waals surface area contributed by atoms with Crippen LogP contribution in [0.3, 0.4) is 0 Å². The van der Waals surface area contributed by atoms with Gasteiger partial charge in [-0.25, -0.2) is 9.97 Å². The number of amides is 1. The summed E-state index contributed by atoms with van der Waals surface area (Å²) in [7, 11) is 0. The fourth-order valence-corrected chi connectivity index (χ4v) is 4.97. The van der Waals surface area contributed by atoms with Gasteiger partial charge in [0.05, 0.1) is 12.0 Å². The van der Waals surface area contributed by atoms with E-state index < -0.39 is 0 Å². The van der Waals surface area contributed by atoms with E-state index in [2.05, 4.69) is 25.3 Å². The molecule has 8 nitrogen and oxygen atoms in total. The van der Waals surface area contributed by atoms with Crippen LogP contribution in [0.2, 0.25) is 5.28 Å². The number of rotatable bonds is 4. The first-order chi connectivity index (χ1) is 15.1. The molecule has 3 aromatic heterocycles. The van der Waals surface area contributed by atoms with Crippen LogP contribution in [0.25, 0.3) is 22.4 Å². The van der Waals surface area contributed by atoms with Crippen molar-refractivity contribution < 1.29 is 4.79 Å². The minimum Gasteiger partial charge on any atom is -0.382 e. The lowest BCUT2D eigenvalue weighted by atomic mass is 9.85. The Kier molecular flexibility index (Phi) is 5.29. The van der Waals surface area contributed by atoms with E-state index in [4.69, 9.17) is 17.3 Å². The van der Waals surface area contributed by atoms with Crippen molar-refractivity contribution in [3.8, 4) is 11.3 Å². The van der Waals surface area contributed by atoms with Crippen LogP contribution in [0.5, 0.6) is 0 Å². The molecule has 1 saturated carbocycles. The number of imidazole rings is 1. The summed E-state index contributed by atoms with van der Waals surface area (Å²) in [6, 6.07) is 10.1. The molecule has 1 aliphatic rings. The van der Waals surface area contributed by atoms with E-state index in [1.165, 1.54) is 11.3 Å². The topological polar surface area (TPSA) is 112 Å². The summed E-state index contributed by atoms with van der Waals surface area (Å²) in [6.45, 7) is 0. The van der Waals surface area contributed by atoms with E-state index in [0.29, 0.717) is 16.3 Å². The largest absolute Gasteiger partial charge is 0.382 e. The zero-order valence-electron chi connectivity index (χ0n) is 16.5. The summed E-state index contributed by atoms with van der Waals surface area (Å²) < 4.78 is 2.00. The van der Waals surface area contributed by atoms with Crippen molar-refractivity contribution in [2.45, 2.75) is 31.7 Å². The molecular weight excluding hydrogens is 434 g/mol. The number of nitrogens with zero attached hydrogens (tertiary/aromatic N) is 5. The molecular formula is C21H20ClN7OS. The van der Waals surface area contributed by atoms with Crippen LogP contribution in [-0.2, 0) is 4.79 Å². The predicted octanol–water partition coefficient (Wildman–Crippen LogP) is 4.56. The normalized spacial score (nSPS) is 18.9. The number of carbonyl (C=O) groups is 1. The molecule has 0 spiro atoms. The smallest absolute Gasteiger partial charge is 0.229 e. The third-order valence-corrected chi connectivity index (χ3v) is 6.61. The fourth-order valence-electron chi connectivity index (χ4n) is 4.07. The van der Waals surface area contributed by atoms with E-state index in [1.54, 1.807) is 6.33 Å². The molecule has 4 aromatic rings. The second-order valence-corrected chi connectivity index (χ2v) is 8.80. The molecule has 0 radical (unpaired) electrons. The Morgan fingerprint density at radius 3 is 2.68 bits per heavy atom. The first-order valence-electron chi connectivity index (χ1n) is 10.1. The van der Waals surface area contributed by atoms with E-state index in [0.717, 1.165) is 36.9 Å². The number of fused-ring (bicyclic) bond motifs is 1. The second kappa shape index (κ2) is 8.24. The maximum Gasteiger partial charge on any atom is 0.229 e. The Balaban J connectivity index is 1.23. The minimum absolute atomic E-state index is 0.0255. The van der Waals surface area contributed by atoms with E-state index in [9.17, 15) is 4.79 Å². The maximum atomic E-state index is 12.8. The SMILES string of the molecule is Nc1nc(Cl)nc2c1ncn2C1CCC(C(=O)Nc2nc(-c3ccccc3)cs2)CC1. The number of nitrogens with two attached hydrogens (primary N) is 1. The number of nitrogen functional groups attached to an aromatic ring is 1. The van der Waals surface area contributed by atoms with E-state index in [-0.39, 0.29) is 29.0 Å². The number of aromatic nitrogens is 5. The predicted molar refractivity (Wildman–Crippen MR) is 122 cm³/mol. The van der Waals surface area contributed by atoms with Crippen LogP contribution in [0.15, 0.2) is 42.0 Å².